The van der Waals surface area contributed by atoms with E-state index >= 15 is 0 Å². The maximum Gasteiger partial charge on any atom is 0.229 e. The van der Waals surface area contributed by atoms with Crippen LogP contribution in [0.2, 0.25) is 0 Å². The predicted octanol–water partition coefficient (Wildman–Crippen LogP) is 6.26. The lowest BCUT2D eigenvalue weighted by molar-refractivity contribution is -0.185. The van der Waals surface area contributed by atoms with Gasteiger partial charge in [0, 0.05) is 25.6 Å². The van der Waals surface area contributed by atoms with Crippen molar-refractivity contribution in [2.45, 2.75) is 110 Å². The van der Waals surface area contributed by atoms with Crippen molar-refractivity contribution < 1.29 is 14.6 Å². The molecule has 2 N–H and O–H groups in total. The third-order valence-electron chi connectivity index (χ3n) is 11.7. The molecular formula is C31H51N3O3. The Kier molecular flexibility index (Phi) is 7.56. The normalized spacial score (nSPS) is 41.4. The summed E-state index contributed by atoms with van der Waals surface area (Å²) in [6, 6.07) is 1.97. The van der Waals surface area contributed by atoms with Gasteiger partial charge < -0.3 is 15.2 Å². The highest BCUT2D eigenvalue weighted by Gasteiger charge is 2.62. The van der Waals surface area contributed by atoms with Crippen molar-refractivity contribution in [3.63, 3.8) is 0 Å². The molecule has 208 valence electrons. The van der Waals surface area contributed by atoms with Crippen molar-refractivity contribution in [3.05, 3.63) is 11.8 Å². The van der Waals surface area contributed by atoms with Gasteiger partial charge in [0.15, 0.2) is 0 Å². The molecule has 0 radical (unpaired) electrons. The number of carbonyl (C=O) groups is 1. The number of rotatable bonds is 7. The number of aryl methyl sites for hydroxylation is 2. The molecule has 1 aromatic heterocycles. The van der Waals surface area contributed by atoms with Crippen LogP contribution in [-0.4, -0.2) is 39.6 Å². The third-order valence-corrected chi connectivity index (χ3v) is 11.7. The molecule has 8 atom stereocenters. The second kappa shape index (κ2) is 10.3. The number of hydrogen-bond acceptors (Lipinski definition) is 4. The number of carbonyl (C=O) groups excluding carboxylic acids is 1. The minimum Gasteiger partial charge on any atom is -0.387 e. The van der Waals surface area contributed by atoms with Gasteiger partial charge in [-0.05, 0) is 112 Å². The summed E-state index contributed by atoms with van der Waals surface area (Å²) in [6.07, 6.45) is 13.4. The Bertz CT molecular complexity index is 977. The van der Waals surface area contributed by atoms with Crippen molar-refractivity contribution in [3.8, 4) is 0 Å². The molecule has 1 amide bonds. The highest BCUT2D eigenvalue weighted by Crippen LogP contribution is 2.68. The molecule has 1 heterocycles. The fourth-order valence-corrected chi connectivity index (χ4v) is 9.94. The van der Waals surface area contributed by atoms with Crippen LogP contribution in [0.5, 0.6) is 0 Å². The van der Waals surface area contributed by atoms with Crippen LogP contribution in [0.4, 0.5) is 5.82 Å². The van der Waals surface area contributed by atoms with E-state index in [1.807, 2.05) is 20.0 Å². The van der Waals surface area contributed by atoms with Crippen LogP contribution < -0.4 is 5.32 Å². The lowest BCUT2D eigenvalue weighted by atomic mass is 9.40. The molecule has 6 heteroatoms. The smallest absolute Gasteiger partial charge is 0.229 e. The van der Waals surface area contributed by atoms with Crippen LogP contribution in [-0.2, 0) is 16.6 Å². The molecular weight excluding hydrogens is 462 g/mol. The van der Waals surface area contributed by atoms with Crippen LogP contribution in [0.15, 0.2) is 6.07 Å². The monoisotopic (exact) mass is 513 g/mol. The maximum absolute atomic E-state index is 13.7. The topological polar surface area (TPSA) is 76.4 Å². The molecule has 5 rings (SSSR count). The Balaban J connectivity index is 1.33. The Morgan fingerprint density at radius 3 is 2.68 bits per heavy atom. The van der Waals surface area contributed by atoms with E-state index in [1.165, 1.54) is 32.1 Å². The second-order valence-corrected chi connectivity index (χ2v) is 13.5. The zero-order valence-corrected chi connectivity index (χ0v) is 24.0. The average Bonchev–Trinajstić information content (AvgIpc) is 3.18. The quantitative estimate of drug-likeness (QED) is 0.422. The Hall–Kier alpha value is -1.40. The summed E-state index contributed by atoms with van der Waals surface area (Å²) in [5.41, 5.74) is 0.710. The first kappa shape index (κ1) is 27.2. The SMILES string of the molecule is CCCOC[C@@]1(O)CC[C@@]2(CC)[C@H](CC[C@H]3[C@@H]4CCC[C@H](C(=O)Nc5cc(C)nn5C)[C@@]4(C)CC[C@@H]32)C1. The molecule has 4 saturated carbocycles. The number of aromatic nitrogens is 2. The standard InChI is InChI=1S/C31H51N3O3/c1-6-17-37-20-30(36)15-16-31(7-2)22(19-30)11-12-23-24-9-8-10-26(29(24,4)14-13-25(23)31)28(35)32-27-18-21(3)33-34(27)5/h18,22-26,36H,6-17,19-20H2,1-5H3,(H,32,35)/t22-,23+,24+,25+,26-,29+,30-,31+/m1/s1. The van der Waals surface area contributed by atoms with E-state index in [1.54, 1.807) is 4.68 Å². The molecule has 0 aliphatic heterocycles. The van der Waals surface area contributed by atoms with Gasteiger partial charge >= 0.3 is 0 Å². The van der Waals surface area contributed by atoms with E-state index in [2.05, 4.69) is 31.2 Å². The third kappa shape index (κ3) is 4.68. The van der Waals surface area contributed by atoms with E-state index in [0.717, 1.165) is 69.0 Å². The maximum atomic E-state index is 13.7. The van der Waals surface area contributed by atoms with Crippen LogP contribution >= 0.6 is 0 Å². The van der Waals surface area contributed by atoms with Gasteiger partial charge in [0.2, 0.25) is 5.91 Å². The summed E-state index contributed by atoms with van der Waals surface area (Å²) in [6.45, 7) is 10.2. The Labute approximate surface area is 224 Å². The van der Waals surface area contributed by atoms with Crippen LogP contribution in [0.3, 0.4) is 0 Å². The zero-order chi connectivity index (χ0) is 26.4. The number of hydrogen-bond donors (Lipinski definition) is 2. The fraction of sp³-hybridized carbons (Fsp3) is 0.871. The summed E-state index contributed by atoms with van der Waals surface area (Å²) < 4.78 is 7.64. The number of nitrogens with one attached hydrogen (secondary N) is 1. The van der Waals surface area contributed by atoms with Gasteiger partial charge in [-0.2, -0.15) is 5.10 Å². The van der Waals surface area contributed by atoms with Gasteiger partial charge in [-0.25, -0.2) is 0 Å². The molecule has 1 aromatic rings. The van der Waals surface area contributed by atoms with E-state index in [-0.39, 0.29) is 17.2 Å². The number of aliphatic hydroxyl groups is 1. The molecule has 6 nitrogen and oxygen atoms in total. The summed E-state index contributed by atoms with van der Waals surface area (Å²) in [7, 11) is 1.91. The lowest BCUT2D eigenvalue weighted by Gasteiger charge is -2.65. The first-order valence-electron chi connectivity index (χ1n) is 15.3. The van der Waals surface area contributed by atoms with Gasteiger partial charge in [0.1, 0.15) is 5.82 Å². The van der Waals surface area contributed by atoms with Gasteiger partial charge in [0.25, 0.3) is 0 Å². The number of fused-ring (bicyclic) bond motifs is 5. The van der Waals surface area contributed by atoms with E-state index in [9.17, 15) is 9.90 Å². The average molecular weight is 514 g/mol. The summed E-state index contributed by atoms with van der Waals surface area (Å²) in [5.74, 6) is 3.76. The van der Waals surface area contributed by atoms with E-state index < -0.39 is 5.60 Å². The van der Waals surface area contributed by atoms with Crippen molar-refractivity contribution in [1.29, 1.82) is 0 Å². The van der Waals surface area contributed by atoms with E-state index in [0.29, 0.717) is 29.8 Å². The molecule has 0 spiro atoms. The van der Waals surface area contributed by atoms with Crippen molar-refractivity contribution in [1.82, 2.24) is 9.78 Å². The van der Waals surface area contributed by atoms with Crippen LogP contribution in [0.1, 0.15) is 104 Å². The largest absolute Gasteiger partial charge is 0.387 e. The van der Waals surface area contributed by atoms with Gasteiger partial charge in [-0.15, -0.1) is 0 Å². The fourth-order valence-electron chi connectivity index (χ4n) is 9.94. The molecule has 0 bridgehead atoms. The number of amides is 1. The summed E-state index contributed by atoms with van der Waals surface area (Å²) in [5, 5.41) is 19.1. The highest BCUT2D eigenvalue weighted by atomic mass is 16.5. The lowest BCUT2D eigenvalue weighted by Crippen LogP contribution is -2.60. The zero-order valence-electron chi connectivity index (χ0n) is 24.0. The molecule has 4 fully saturated rings. The Morgan fingerprint density at radius 2 is 1.97 bits per heavy atom. The number of ether oxygens (including phenoxy) is 1. The van der Waals surface area contributed by atoms with Gasteiger partial charge in [-0.1, -0.05) is 27.2 Å². The minimum atomic E-state index is -0.646. The second-order valence-electron chi connectivity index (χ2n) is 13.5. The summed E-state index contributed by atoms with van der Waals surface area (Å²) >= 11 is 0. The first-order valence-corrected chi connectivity index (χ1v) is 15.3. The minimum absolute atomic E-state index is 0.0717. The van der Waals surface area contributed by atoms with Crippen LogP contribution in [0.25, 0.3) is 0 Å². The molecule has 0 saturated heterocycles. The predicted molar refractivity (Wildman–Crippen MR) is 147 cm³/mol. The molecule has 37 heavy (non-hydrogen) atoms. The van der Waals surface area contributed by atoms with Crippen molar-refractivity contribution >= 4 is 11.7 Å². The molecule has 4 aliphatic carbocycles. The molecule has 0 aromatic carbocycles. The van der Waals surface area contributed by atoms with Crippen LogP contribution in [0, 0.1) is 47.3 Å². The Morgan fingerprint density at radius 1 is 1.16 bits per heavy atom. The van der Waals surface area contributed by atoms with Crippen molar-refractivity contribution in [2.75, 3.05) is 18.5 Å². The number of anilines is 1. The molecule has 0 unspecified atom stereocenters. The van der Waals surface area contributed by atoms with E-state index in [4.69, 9.17) is 4.74 Å². The van der Waals surface area contributed by atoms with Crippen molar-refractivity contribution in [2.24, 2.45) is 47.5 Å². The highest BCUT2D eigenvalue weighted by molar-refractivity contribution is 5.92. The summed E-state index contributed by atoms with van der Waals surface area (Å²) in [4.78, 5) is 13.7. The first-order chi connectivity index (χ1) is 17.7. The molecule has 4 aliphatic rings. The van der Waals surface area contributed by atoms with Gasteiger partial charge in [0.05, 0.1) is 17.9 Å². The van der Waals surface area contributed by atoms with Gasteiger partial charge in [-0.3, -0.25) is 9.48 Å². The number of nitrogens with zero attached hydrogens (tertiary/aromatic N) is 2.